The van der Waals surface area contributed by atoms with Crippen LogP contribution in [0, 0.1) is 0 Å². The Balaban J connectivity index is 1.93. The fourth-order valence-electron chi connectivity index (χ4n) is 3.07. The minimum Gasteiger partial charge on any atom is -0.365 e. The number of carbonyl (C=O) groups excluding carboxylic acids is 1. The Morgan fingerprint density at radius 2 is 1.95 bits per heavy atom. The summed E-state index contributed by atoms with van der Waals surface area (Å²) in [5.74, 6) is 0.214. The van der Waals surface area contributed by atoms with Gasteiger partial charge in [0.1, 0.15) is 6.10 Å². The lowest BCUT2D eigenvalue weighted by Gasteiger charge is -2.29. The predicted octanol–water partition coefficient (Wildman–Crippen LogP) is 1.37. The van der Waals surface area contributed by atoms with Crippen molar-refractivity contribution in [3.63, 3.8) is 0 Å². The Labute approximate surface area is 121 Å². The number of rotatable bonds is 5. The molecular weight excluding hydrogens is 278 g/mol. The van der Waals surface area contributed by atoms with Gasteiger partial charge in [-0.05, 0) is 25.7 Å². The largest absolute Gasteiger partial charge is 0.365 e. The molecule has 5 nitrogen and oxygen atoms in total. The maximum Gasteiger partial charge on any atom is 0.251 e. The van der Waals surface area contributed by atoms with Crippen LogP contribution >= 0.6 is 0 Å². The Kier molecular flexibility index (Phi) is 5.07. The molecule has 0 spiro atoms. The van der Waals surface area contributed by atoms with Gasteiger partial charge in [-0.2, -0.15) is 0 Å². The smallest absolute Gasteiger partial charge is 0.251 e. The molecule has 2 fully saturated rings. The number of nitrogens with zero attached hydrogens (tertiary/aromatic N) is 1. The summed E-state index contributed by atoms with van der Waals surface area (Å²) in [5, 5.41) is 0. The van der Waals surface area contributed by atoms with Crippen LogP contribution in [0.2, 0.25) is 0 Å². The SMILES string of the molecule is CCC(OC1CCCC1)C(=O)N(C)C1CCS(=O)(=O)C1. The summed E-state index contributed by atoms with van der Waals surface area (Å²) in [5.41, 5.74) is 0. The molecule has 0 aromatic carbocycles. The zero-order valence-corrected chi connectivity index (χ0v) is 13.2. The van der Waals surface area contributed by atoms with E-state index in [1.165, 1.54) is 12.8 Å². The van der Waals surface area contributed by atoms with E-state index in [-0.39, 0.29) is 29.6 Å². The van der Waals surface area contributed by atoms with Crippen LogP contribution in [0.1, 0.15) is 45.4 Å². The van der Waals surface area contributed by atoms with E-state index in [0.717, 1.165) is 12.8 Å². The summed E-state index contributed by atoms with van der Waals surface area (Å²) in [4.78, 5) is 14.1. The molecule has 1 aliphatic heterocycles. The lowest BCUT2D eigenvalue weighted by molar-refractivity contribution is -0.148. The number of hydrogen-bond acceptors (Lipinski definition) is 4. The molecule has 2 atom stereocenters. The van der Waals surface area contributed by atoms with Crippen LogP contribution in [-0.2, 0) is 19.4 Å². The van der Waals surface area contributed by atoms with Crippen molar-refractivity contribution in [2.45, 2.75) is 63.7 Å². The van der Waals surface area contributed by atoms with E-state index in [0.29, 0.717) is 12.8 Å². The molecule has 0 aromatic heterocycles. The highest BCUT2D eigenvalue weighted by molar-refractivity contribution is 7.91. The molecule has 1 heterocycles. The van der Waals surface area contributed by atoms with Crippen LogP contribution < -0.4 is 0 Å². The van der Waals surface area contributed by atoms with Gasteiger partial charge in [0, 0.05) is 13.1 Å². The lowest BCUT2D eigenvalue weighted by atomic mass is 10.1. The van der Waals surface area contributed by atoms with Crippen molar-refractivity contribution >= 4 is 15.7 Å². The first-order valence-corrected chi connectivity index (χ1v) is 9.37. The number of hydrogen-bond donors (Lipinski definition) is 0. The van der Waals surface area contributed by atoms with E-state index in [9.17, 15) is 13.2 Å². The van der Waals surface area contributed by atoms with E-state index in [1.807, 2.05) is 6.92 Å². The van der Waals surface area contributed by atoms with Crippen molar-refractivity contribution in [3.8, 4) is 0 Å². The fourth-order valence-corrected chi connectivity index (χ4v) is 4.85. The zero-order valence-electron chi connectivity index (χ0n) is 12.4. The van der Waals surface area contributed by atoms with Crippen LogP contribution in [-0.4, -0.2) is 56.0 Å². The summed E-state index contributed by atoms with van der Waals surface area (Å²) in [6, 6.07) is -0.186. The van der Waals surface area contributed by atoms with Gasteiger partial charge in [0.15, 0.2) is 9.84 Å². The van der Waals surface area contributed by atoms with E-state index >= 15 is 0 Å². The fraction of sp³-hybridized carbons (Fsp3) is 0.929. The summed E-state index contributed by atoms with van der Waals surface area (Å²) in [6.07, 6.45) is 5.37. The van der Waals surface area contributed by atoms with Gasteiger partial charge >= 0.3 is 0 Å². The highest BCUT2D eigenvalue weighted by Crippen LogP contribution is 2.24. The summed E-state index contributed by atoms with van der Waals surface area (Å²) in [7, 11) is -1.26. The summed E-state index contributed by atoms with van der Waals surface area (Å²) in [6.45, 7) is 1.94. The molecule has 2 rings (SSSR count). The third kappa shape index (κ3) is 3.73. The average molecular weight is 303 g/mol. The van der Waals surface area contributed by atoms with Gasteiger partial charge in [0.25, 0.3) is 5.91 Å². The number of sulfone groups is 1. The Morgan fingerprint density at radius 1 is 1.30 bits per heavy atom. The van der Waals surface area contributed by atoms with Crippen molar-refractivity contribution in [1.82, 2.24) is 4.90 Å². The monoisotopic (exact) mass is 303 g/mol. The molecule has 0 radical (unpaired) electrons. The third-order valence-corrected chi connectivity index (χ3v) is 6.16. The van der Waals surface area contributed by atoms with Crippen molar-refractivity contribution in [1.29, 1.82) is 0 Å². The van der Waals surface area contributed by atoms with Gasteiger partial charge in [-0.3, -0.25) is 4.79 Å². The van der Waals surface area contributed by atoms with Gasteiger partial charge in [0.2, 0.25) is 0 Å². The first-order chi connectivity index (χ1) is 9.43. The highest BCUT2D eigenvalue weighted by atomic mass is 32.2. The second kappa shape index (κ2) is 6.43. The average Bonchev–Trinajstić information content (AvgIpc) is 3.03. The molecule has 2 aliphatic rings. The van der Waals surface area contributed by atoms with Gasteiger partial charge in [0.05, 0.1) is 17.6 Å². The standard InChI is InChI=1S/C14H25NO4S/c1-3-13(19-12-6-4-5-7-12)14(16)15(2)11-8-9-20(17,18)10-11/h11-13H,3-10H2,1-2H3. The number of ether oxygens (including phenoxy) is 1. The van der Waals surface area contributed by atoms with Crippen LogP contribution in [0.15, 0.2) is 0 Å². The number of carbonyl (C=O) groups is 1. The maximum atomic E-state index is 12.5. The zero-order chi connectivity index (χ0) is 14.8. The Bertz CT molecular complexity index is 442. The molecule has 2 unspecified atom stereocenters. The third-order valence-electron chi connectivity index (χ3n) is 4.41. The van der Waals surface area contributed by atoms with E-state index in [1.54, 1.807) is 11.9 Å². The number of likely N-dealkylation sites (N-methyl/N-ethyl adjacent to an activating group) is 1. The topological polar surface area (TPSA) is 63.7 Å². The van der Waals surface area contributed by atoms with E-state index in [4.69, 9.17) is 4.74 Å². The first-order valence-electron chi connectivity index (χ1n) is 7.55. The van der Waals surface area contributed by atoms with Crippen LogP contribution in [0.5, 0.6) is 0 Å². The molecule has 0 aromatic rings. The lowest BCUT2D eigenvalue weighted by Crippen LogP contribution is -2.45. The molecule has 1 amide bonds. The molecule has 116 valence electrons. The van der Waals surface area contributed by atoms with E-state index in [2.05, 4.69) is 0 Å². The first kappa shape index (κ1) is 15.8. The molecule has 20 heavy (non-hydrogen) atoms. The second-order valence-corrected chi connectivity index (χ2v) is 8.17. The summed E-state index contributed by atoms with van der Waals surface area (Å²) >= 11 is 0. The number of amides is 1. The van der Waals surface area contributed by atoms with Crippen LogP contribution in [0.3, 0.4) is 0 Å². The van der Waals surface area contributed by atoms with Gasteiger partial charge in [-0.1, -0.05) is 19.8 Å². The van der Waals surface area contributed by atoms with Gasteiger partial charge in [-0.15, -0.1) is 0 Å². The van der Waals surface area contributed by atoms with Crippen molar-refractivity contribution in [3.05, 3.63) is 0 Å². The highest BCUT2D eigenvalue weighted by Gasteiger charge is 2.35. The summed E-state index contributed by atoms with van der Waals surface area (Å²) < 4.78 is 28.9. The maximum absolute atomic E-state index is 12.5. The van der Waals surface area contributed by atoms with Crippen molar-refractivity contribution < 1.29 is 17.9 Å². The van der Waals surface area contributed by atoms with Gasteiger partial charge in [-0.25, -0.2) is 8.42 Å². The van der Waals surface area contributed by atoms with Crippen LogP contribution in [0.25, 0.3) is 0 Å². The van der Waals surface area contributed by atoms with Crippen molar-refractivity contribution in [2.24, 2.45) is 0 Å². The molecule has 6 heteroatoms. The Morgan fingerprint density at radius 3 is 2.45 bits per heavy atom. The predicted molar refractivity (Wildman–Crippen MR) is 77.2 cm³/mol. The quantitative estimate of drug-likeness (QED) is 0.769. The molecule has 0 N–H and O–H groups in total. The van der Waals surface area contributed by atoms with Gasteiger partial charge < -0.3 is 9.64 Å². The Hall–Kier alpha value is -0.620. The van der Waals surface area contributed by atoms with E-state index < -0.39 is 15.9 Å². The second-order valence-electron chi connectivity index (χ2n) is 5.95. The molecule has 0 bridgehead atoms. The molecule has 1 saturated heterocycles. The molecular formula is C14H25NO4S. The van der Waals surface area contributed by atoms with Crippen LogP contribution in [0.4, 0.5) is 0 Å². The minimum atomic E-state index is -2.96. The molecule has 1 aliphatic carbocycles. The normalized spacial score (nSPS) is 27.6. The van der Waals surface area contributed by atoms with Crippen molar-refractivity contribution in [2.75, 3.05) is 18.6 Å². The minimum absolute atomic E-state index is 0.0681. The molecule has 1 saturated carbocycles.